The number of rotatable bonds is 9. The average Bonchev–Trinajstić information content (AvgIpc) is 2.82. The lowest BCUT2D eigenvalue weighted by Crippen LogP contribution is -2.21. The van der Waals surface area contributed by atoms with Crippen LogP contribution in [0.25, 0.3) is 12.2 Å². The van der Waals surface area contributed by atoms with Gasteiger partial charge in [-0.3, -0.25) is 19.7 Å². The summed E-state index contributed by atoms with van der Waals surface area (Å²) in [6.07, 6.45) is 2.73. The summed E-state index contributed by atoms with van der Waals surface area (Å²) < 4.78 is 50.9. The van der Waals surface area contributed by atoms with E-state index >= 15 is 0 Å². The first kappa shape index (κ1) is 25.7. The molecular weight excluding hydrogens is 489 g/mol. The fourth-order valence-corrected chi connectivity index (χ4v) is 2.86. The highest BCUT2D eigenvalue weighted by Crippen LogP contribution is 2.29. The summed E-state index contributed by atoms with van der Waals surface area (Å²) in [5.74, 6) is -6.37. The quantitative estimate of drug-likeness (QED) is 0.226. The summed E-state index contributed by atoms with van der Waals surface area (Å²) in [5, 5.41) is 22.4. The van der Waals surface area contributed by atoms with Crippen molar-refractivity contribution in [3.8, 4) is 17.4 Å². The SMILES string of the molecule is CCOc1cc(/C=C/c2nc(O)c([N+](=O)[O-])c(=O)[nH]2)ccc1OCC(=O)Nc1ccc(F)c(F)c1F. The topological polar surface area (TPSA) is 157 Å². The van der Waals surface area contributed by atoms with Gasteiger partial charge in [0, 0.05) is 0 Å². The Bertz CT molecular complexity index is 1410. The third-order valence-electron chi connectivity index (χ3n) is 4.45. The van der Waals surface area contributed by atoms with Crippen LogP contribution in [0.5, 0.6) is 17.4 Å². The van der Waals surface area contributed by atoms with Crippen LogP contribution in [-0.2, 0) is 4.79 Å². The zero-order valence-corrected chi connectivity index (χ0v) is 18.4. The number of carbonyl (C=O) groups is 1. The van der Waals surface area contributed by atoms with Gasteiger partial charge in [0.05, 0.1) is 17.2 Å². The maximum Gasteiger partial charge on any atom is 0.395 e. The van der Waals surface area contributed by atoms with Gasteiger partial charge >= 0.3 is 11.2 Å². The minimum Gasteiger partial charge on any atom is -0.490 e. The molecule has 0 aliphatic carbocycles. The lowest BCUT2D eigenvalue weighted by atomic mass is 10.2. The Kier molecular flexibility index (Phi) is 7.89. The third-order valence-corrected chi connectivity index (χ3v) is 4.45. The van der Waals surface area contributed by atoms with E-state index in [-0.39, 0.29) is 23.9 Å². The highest BCUT2D eigenvalue weighted by molar-refractivity contribution is 5.92. The Morgan fingerprint density at radius 1 is 1.17 bits per heavy atom. The van der Waals surface area contributed by atoms with Crippen LogP contribution in [0.1, 0.15) is 18.3 Å². The monoisotopic (exact) mass is 506 g/mol. The van der Waals surface area contributed by atoms with Crippen molar-refractivity contribution in [2.75, 3.05) is 18.5 Å². The van der Waals surface area contributed by atoms with Gasteiger partial charge in [-0.15, -0.1) is 0 Å². The molecule has 0 aliphatic heterocycles. The molecule has 14 heteroatoms. The molecule has 188 valence electrons. The van der Waals surface area contributed by atoms with Crippen molar-refractivity contribution in [3.63, 3.8) is 0 Å². The molecule has 3 aromatic rings. The molecule has 0 aliphatic rings. The fourth-order valence-electron chi connectivity index (χ4n) is 2.86. The normalized spacial score (nSPS) is 10.9. The molecule has 0 unspecified atom stereocenters. The summed E-state index contributed by atoms with van der Waals surface area (Å²) in [5.41, 5.74) is -2.27. The third kappa shape index (κ3) is 5.97. The van der Waals surface area contributed by atoms with Crippen LogP contribution < -0.4 is 20.3 Å². The first-order valence-electron chi connectivity index (χ1n) is 10.1. The number of anilines is 1. The second-order valence-corrected chi connectivity index (χ2v) is 6.91. The summed E-state index contributed by atoms with van der Waals surface area (Å²) in [7, 11) is 0. The predicted molar refractivity (Wildman–Crippen MR) is 120 cm³/mol. The fraction of sp³-hybridized carbons (Fsp3) is 0.136. The molecule has 0 saturated heterocycles. The van der Waals surface area contributed by atoms with Gasteiger partial charge in [-0.25, -0.2) is 13.2 Å². The second kappa shape index (κ2) is 11.0. The molecule has 3 rings (SSSR count). The summed E-state index contributed by atoms with van der Waals surface area (Å²) in [4.78, 5) is 39.2. The van der Waals surface area contributed by atoms with Crippen LogP contribution in [-0.4, -0.2) is 39.1 Å². The van der Waals surface area contributed by atoms with E-state index in [0.717, 1.165) is 6.07 Å². The van der Waals surface area contributed by atoms with Crippen molar-refractivity contribution < 1.29 is 37.5 Å². The van der Waals surface area contributed by atoms with E-state index in [2.05, 4.69) is 15.3 Å². The van der Waals surface area contributed by atoms with Crippen LogP contribution in [0, 0.1) is 27.6 Å². The van der Waals surface area contributed by atoms with Gasteiger partial charge in [0.1, 0.15) is 5.82 Å². The van der Waals surface area contributed by atoms with Crippen LogP contribution in [0.2, 0.25) is 0 Å². The van der Waals surface area contributed by atoms with Crippen molar-refractivity contribution in [2.45, 2.75) is 6.92 Å². The number of nitrogens with zero attached hydrogens (tertiary/aromatic N) is 2. The van der Waals surface area contributed by atoms with Crippen molar-refractivity contribution in [3.05, 3.63) is 79.6 Å². The molecule has 1 heterocycles. The molecular formula is C22H17F3N4O7. The van der Waals surface area contributed by atoms with Gasteiger partial charge in [-0.05, 0) is 42.8 Å². The van der Waals surface area contributed by atoms with E-state index in [9.17, 15) is 38.0 Å². The Hall–Kier alpha value is -4.88. The number of aromatic amines is 1. The largest absolute Gasteiger partial charge is 0.490 e. The zero-order valence-electron chi connectivity index (χ0n) is 18.4. The van der Waals surface area contributed by atoms with Gasteiger partial charge in [0.25, 0.3) is 11.8 Å². The number of aromatic hydroxyl groups is 1. The van der Waals surface area contributed by atoms with Crippen molar-refractivity contribution >= 4 is 29.4 Å². The molecule has 0 bridgehead atoms. The number of H-pyrrole nitrogens is 1. The van der Waals surface area contributed by atoms with Crippen molar-refractivity contribution in [1.29, 1.82) is 0 Å². The number of aromatic nitrogens is 2. The Morgan fingerprint density at radius 2 is 1.92 bits per heavy atom. The van der Waals surface area contributed by atoms with Gasteiger partial charge < -0.3 is 24.9 Å². The smallest absolute Gasteiger partial charge is 0.395 e. The van der Waals surface area contributed by atoms with E-state index in [1.807, 2.05) is 0 Å². The van der Waals surface area contributed by atoms with Crippen LogP contribution >= 0.6 is 0 Å². The number of amides is 1. The van der Waals surface area contributed by atoms with E-state index < -0.39 is 57.7 Å². The minimum absolute atomic E-state index is 0.134. The van der Waals surface area contributed by atoms with E-state index in [1.165, 1.54) is 30.4 Å². The second-order valence-electron chi connectivity index (χ2n) is 6.91. The number of halogens is 3. The number of carbonyl (C=O) groups excluding carboxylic acids is 1. The highest BCUT2D eigenvalue weighted by atomic mass is 19.2. The molecule has 0 saturated carbocycles. The zero-order chi connectivity index (χ0) is 26.4. The van der Waals surface area contributed by atoms with E-state index in [4.69, 9.17) is 9.47 Å². The van der Waals surface area contributed by atoms with E-state index in [1.54, 1.807) is 6.92 Å². The van der Waals surface area contributed by atoms with Gasteiger partial charge in [-0.2, -0.15) is 4.98 Å². The van der Waals surface area contributed by atoms with Crippen LogP contribution in [0.3, 0.4) is 0 Å². The summed E-state index contributed by atoms with van der Waals surface area (Å²) >= 11 is 0. The van der Waals surface area contributed by atoms with Gasteiger partial charge in [-0.1, -0.05) is 12.1 Å². The molecule has 0 atom stereocenters. The van der Waals surface area contributed by atoms with Crippen LogP contribution in [0.15, 0.2) is 35.1 Å². The summed E-state index contributed by atoms with van der Waals surface area (Å²) in [6.45, 7) is 1.31. The molecule has 1 amide bonds. The van der Waals surface area contributed by atoms with Crippen molar-refractivity contribution in [1.82, 2.24) is 9.97 Å². The van der Waals surface area contributed by atoms with Crippen LogP contribution in [0.4, 0.5) is 24.5 Å². The summed E-state index contributed by atoms with van der Waals surface area (Å²) in [6, 6.07) is 6.01. The Morgan fingerprint density at radius 3 is 2.58 bits per heavy atom. The average molecular weight is 506 g/mol. The molecule has 3 N–H and O–H groups in total. The number of nitrogens with one attached hydrogen (secondary N) is 2. The predicted octanol–water partition coefficient (Wildman–Crippen LogP) is 3.39. The molecule has 1 aromatic heterocycles. The minimum atomic E-state index is -1.72. The Balaban J connectivity index is 1.73. The number of hydrogen-bond acceptors (Lipinski definition) is 8. The molecule has 36 heavy (non-hydrogen) atoms. The maximum atomic E-state index is 13.7. The van der Waals surface area contributed by atoms with Gasteiger partial charge in [0.2, 0.25) is 0 Å². The van der Waals surface area contributed by atoms with Gasteiger partial charge in [0.15, 0.2) is 35.6 Å². The van der Waals surface area contributed by atoms with E-state index in [0.29, 0.717) is 11.6 Å². The number of ether oxygens (including phenoxy) is 2. The highest BCUT2D eigenvalue weighted by Gasteiger charge is 2.21. The number of nitro groups is 1. The lowest BCUT2D eigenvalue weighted by Gasteiger charge is -2.13. The number of benzene rings is 2. The maximum absolute atomic E-state index is 13.7. The Labute approximate surface area is 200 Å². The molecule has 0 fully saturated rings. The lowest BCUT2D eigenvalue weighted by molar-refractivity contribution is -0.387. The molecule has 0 radical (unpaired) electrons. The first-order chi connectivity index (χ1) is 17.1. The number of hydrogen-bond donors (Lipinski definition) is 3. The molecule has 0 spiro atoms. The molecule has 11 nitrogen and oxygen atoms in total. The first-order valence-corrected chi connectivity index (χ1v) is 10.1. The van der Waals surface area contributed by atoms with Crippen molar-refractivity contribution in [2.24, 2.45) is 0 Å². The molecule has 2 aromatic carbocycles. The standard InChI is InChI=1S/C22H17F3N4O7/c1-2-35-15-9-11(4-8-16-27-21(31)20(29(33)34)22(32)28-16)3-7-14(15)36-10-17(30)26-13-6-5-12(23)18(24)19(13)25/h3-9H,2,10H2,1H3,(H,26,30)(H2,27,28,31,32)/b8-4+.